The number of rotatable bonds is 11. The van der Waals surface area contributed by atoms with E-state index in [4.69, 9.17) is 5.73 Å². The standard InChI is InChI=1S/C49H52N14O7/c50-19-41-49(70)63-24-32(57-43(64)27-8-2-1-3-9-27)18-42(63)48(69)61-40(17-31-23-52-26-56-31)47(68)58-37(14-28-20-53-35-12-6-4-10-33(28)35)44(65)60-39(16-30-22-51-25-55-30)46(67)59-38(45(66)62-41)15-29-21-54-36-13-7-5-11-34(29)36/h1-13,20-23,25-26,32,37-42,53-54H,14-19,24,50H2,(H,51,55)(H,52,56)(H,57,64)(H,58,68)(H,59,67)(H,60,65)(H,61,69)(H,62,66)/t32-,37+,38-,39-,40-,41-,42-/m0/s1. The van der Waals surface area contributed by atoms with E-state index in [1.54, 1.807) is 42.7 Å². The van der Waals surface area contributed by atoms with Gasteiger partial charge in [0.25, 0.3) is 5.91 Å². The van der Waals surface area contributed by atoms with Crippen LogP contribution in [0.15, 0.2) is 116 Å². The van der Waals surface area contributed by atoms with Crippen LogP contribution in [0.3, 0.4) is 0 Å². The van der Waals surface area contributed by atoms with Crippen LogP contribution in [0.5, 0.6) is 0 Å². The third kappa shape index (κ3) is 10.4. The summed E-state index contributed by atoms with van der Waals surface area (Å²) >= 11 is 0. The highest BCUT2D eigenvalue weighted by Gasteiger charge is 2.44. The van der Waals surface area contributed by atoms with Gasteiger partial charge in [-0.25, -0.2) is 9.97 Å². The maximum absolute atomic E-state index is 14.8. The molecule has 0 saturated carbocycles. The van der Waals surface area contributed by atoms with Crippen LogP contribution in [0.25, 0.3) is 21.8 Å². The summed E-state index contributed by atoms with van der Waals surface area (Å²) in [5, 5.41) is 18.6. The Morgan fingerprint density at radius 1 is 0.571 bits per heavy atom. The van der Waals surface area contributed by atoms with Crippen LogP contribution in [-0.2, 0) is 54.5 Å². The summed E-state index contributed by atoms with van der Waals surface area (Å²) in [5.41, 5.74) is 10.5. The van der Waals surface area contributed by atoms with Crippen molar-refractivity contribution in [3.63, 3.8) is 0 Å². The Bertz CT molecular complexity index is 3010. The molecular weight excluding hydrogens is 897 g/mol. The summed E-state index contributed by atoms with van der Waals surface area (Å²) in [6.45, 7) is -0.567. The van der Waals surface area contributed by atoms with Gasteiger partial charge in [0.2, 0.25) is 35.4 Å². The first kappa shape index (κ1) is 46.5. The molecule has 7 aromatic rings. The number of amides is 7. The molecule has 2 saturated heterocycles. The van der Waals surface area contributed by atoms with E-state index in [1.807, 2.05) is 48.5 Å². The number of aromatic amines is 4. The maximum Gasteiger partial charge on any atom is 0.251 e. The lowest BCUT2D eigenvalue weighted by molar-refractivity contribution is -0.142. The number of carbonyl (C=O) groups is 7. The van der Waals surface area contributed by atoms with E-state index in [2.05, 4.69) is 61.8 Å². The predicted molar refractivity (Wildman–Crippen MR) is 255 cm³/mol. The molecule has 0 bridgehead atoms. The fourth-order valence-electron chi connectivity index (χ4n) is 9.18. The lowest BCUT2D eigenvalue weighted by atomic mass is 10.0. The fourth-order valence-corrected chi connectivity index (χ4v) is 9.18. The number of nitrogens with one attached hydrogen (secondary N) is 10. The number of nitrogens with two attached hydrogens (primary N) is 1. The molecular formula is C49H52N14O7. The molecule has 7 atom stereocenters. The van der Waals surface area contributed by atoms with Crippen LogP contribution in [0.1, 0.15) is 39.3 Å². The zero-order valence-corrected chi connectivity index (χ0v) is 37.7. The number of para-hydroxylation sites is 2. The quantitative estimate of drug-likeness (QED) is 0.0835. The lowest BCUT2D eigenvalue weighted by Gasteiger charge is -2.31. The minimum atomic E-state index is -1.41. The van der Waals surface area contributed by atoms with Crippen molar-refractivity contribution in [1.29, 1.82) is 0 Å². The average Bonchev–Trinajstić information content (AvgIpc) is 4.25. The third-order valence-electron chi connectivity index (χ3n) is 12.8. The molecule has 21 nitrogen and oxygen atoms in total. The van der Waals surface area contributed by atoms with Crippen LogP contribution < -0.4 is 37.6 Å². The van der Waals surface area contributed by atoms with Crippen molar-refractivity contribution in [3.05, 3.63) is 144 Å². The molecule has 4 aromatic heterocycles. The average molecular weight is 949 g/mol. The highest BCUT2D eigenvalue weighted by Crippen LogP contribution is 2.24. The van der Waals surface area contributed by atoms with Crippen LogP contribution in [0.2, 0.25) is 0 Å². The maximum atomic E-state index is 14.8. The first-order chi connectivity index (χ1) is 34.0. The summed E-state index contributed by atoms with van der Waals surface area (Å²) < 4.78 is 0. The Balaban J connectivity index is 1.10. The van der Waals surface area contributed by atoms with Crippen molar-refractivity contribution >= 4 is 63.2 Å². The van der Waals surface area contributed by atoms with Gasteiger partial charge in [-0.3, -0.25) is 33.6 Å². The molecule has 0 radical (unpaired) electrons. The molecule has 0 spiro atoms. The minimum Gasteiger partial charge on any atom is -0.361 e. The number of nitrogens with zero attached hydrogens (tertiary/aromatic N) is 3. The number of imidazole rings is 2. The molecule has 360 valence electrons. The van der Waals surface area contributed by atoms with Gasteiger partial charge in [-0.2, -0.15) is 0 Å². The van der Waals surface area contributed by atoms with Crippen molar-refractivity contribution in [2.45, 2.75) is 74.4 Å². The van der Waals surface area contributed by atoms with E-state index >= 15 is 0 Å². The van der Waals surface area contributed by atoms with E-state index in [0.29, 0.717) is 28.1 Å². The molecule has 2 fully saturated rings. The summed E-state index contributed by atoms with van der Waals surface area (Å²) in [5.74, 6) is -4.93. The molecule has 6 heterocycles. The van der Waals surface area contributed by atoms with Gasteiger partial charge in [0.1, 0.15) is 36.3 Å². The first-order valence-electron chi connectivity index (χ1n) is 22.9. The van der Waals surface area contributed by atoms with Crippen molar-refractivity contribution in [1.82, 2.24) is 66.7 Å². The van der Waals surface area contributed by atoms with Crippen molar-refractivity contribution in [2.75, 3.05) is 13.1 Å². The van der Waals surface area contributed by atoms with Gasteiger partial charge in [-0.05, 0) is 41.8 Å². The monoisotopic (exact) mass is 948 g/mol. The Morgan fingerprint density at radius 2 is 1.03 bits per heavy atom. The Labute approximate surface area is 399 Å². The molecule has 7 amide bonds. The smallest absolute Gasteiger partial charge is 0.251 e. The Kier molecular flexibility index (Phi) is 13.8. The largest absolute Gasteiger partial charge is 0.361 e. The van der Waals surface area contributed by atoms with Gasteiger partial charge < -0.3 is 62.5 Å². The van der Waals surface area contributed by atoms with E-state index in [-0.39, 0.29) is 38.6 Å². The van der Waals surface area contributed by atoms with Crippen LogP contribution in [-0.4, -0.2) is 132 Å². The zero-order valence-electron chi connectivity index (χ0n) is 37.7. The fraction of sp³-hybridized carbons (Fsp3) is 0.286. The van der Waals surface area contributed by atoms with E-state index in [1.165, 1.54) is 29.9 Å². The number of carbonyl (C=O) groups excluding carboxylic acids is 7. The molecule has 2 aliphatic rings. The number of aromatic nitrogens is 6. The van der Waals surface area contributed by atoms with Crippen LogP contribution >= 0.6 is 0 Å². The predicted octanol–water partition coefficient (Wildman–Crippen LogP) is 0.162. The van der Waals surface area contributed by atoms with Gasteiger partial charge in [0.05, 0.1) is 12.7 Å². The summed E-state index contributed by atoms with van der Waals surface area (Å²) in [6.07, 6.45) is 8.88. The zero-order chi connectivity index (χ0) is 48.7. The summed E-state index contributed by atoms with van der Waals surface area (Å²) in [4.78, 5) is 124. The van der Waals surface area contributed by atoms with Crippen molar-refractivity contribution < 1.29 is 33.6 Å². The third-order valence-corrected chi connectivity index (χ3v) is 12.8. The van der Waals surface area contributed by atoms with Gasteiger partial charge in [-0.1, -0.05) is 54.6 Å². The second kappa shape index (κ2) is 20.7. The second-order valence-corrected chi connectivity index (χ2v) is 17.5. The van der Waals surface area contributed by atoms with Crippen LogP contribution in [0, 0.1) is 0 Å². The molecule has 0 unspecified atom stereocenters. The van der Waals surface area contributed by atoms with Crippen molar-refractivity contribution in [3.8, 4) is 0 Å². The molecule has 9 rings (SSSR count). The molecule has 2 aliphatic heterocycles. The van der Waals surface area contributed by atoms with Gasteiger partial charge in [0.15, 0.2) is 0 Å². The lowest BCUT2D eigenvalue weighted by Crippen LogP contribution is -2.63. The second-order valence-electron chi connectivity index (χ2n) is 17.5. The van der Waals surface area contributed by atoms with E-state index in [0.717, 1.165) is 21.8 Å². The summed E-state index contributed by atoms with van der Waals surface area (Å²) in [7, 11) is 0. The van der Waals surface area contributed by atoms with Crippen molar-refractivity contribution in [2.24, 2.45) is 5.73 Å². The summed E-state index contributed by atoms with van der Waals surface area (Å²) in [6, 6.07) is 14.5. The normalized spacial score (nSPS) is 22.9. The minimum absolute atomic E-state index is 0.0511. The molecule has 3 aromatic carbocycles. The Hall–Kier alpha value is -8.59. The number of hydrogen-bond acceptors (Lipinski definition) is 10. The molecule has 70 heavy (non-hydrogen) atoms. The highest BCUT2D eigenvalue weighted by atomic mass is 16.2. The van der Waals surface area contributed by atoms with Gasteiger partial charge in [-0.15, -0.1) is 0 Å². The molecule has 12 N–H and O–H groups in total. The first-order valence-corrected chi connectivity index (χ1v) is 22.9. The van der Waals surface area contributed by atoms with E-state index in [9.17, 15) is 33.6 Å². The van der Waals surface area contributed by atoms with Gasteiger partial charge >= 0.3 is 0 Å². The van der Waals surface area contributed by atoms with E-state index < -0.39 is 90.2 Å². The number of benzene rings is 3. The number of fused-ring (bicyclic) bond motifs is 3. The highest BCUT2D eigenvalue weighted by molar-refractivity contribution is 6.00. The number of H-pyrrole nitrogens is 4. The molecule has 21 heteroatoms. The Morgan fingerprint density at radius 3 is 1.51 bits per heavy atom. The number of hydrogen-bond donors (Lipinski definition) is 11. The SMILES string of the molecule is NC[C@@H]1NC(=O)[C@H](Cc2c[nH]c3ccccc23)NC(=O)[C@H](Cc2cnc[nH]2)NC(=O)[C@@H](Cc2c[nH]c3ccccc23)NC(=O)[C@H](Cc2cnc[nH]2)NC(=O)[C@@H]2C[C@H](NC(=O)c3ccccc3)CN2C1=O. The molecule has 0 aliphatic carbocycles. The van der Waals surface area contributed by atoms with Gasteiger partial charge in [0, 0.05) is 108 Å². The topological polar surface area (TPSA) is 310 Å². The van der Waals surface area contributed by atoms with Crippen LogP contribution in [0.4, 0.5) is 0 Å².